The summed E-state index contributed by atoms with van der Waals surface area (Å²) in [5.41, 5.74) is 2.83. The third-order valence-corrected chi connectivity index (χ3v) is 3.10. The summed E-state index contributed by atoms with van der Waals surface area (Å²) in [5.74, 6) is -0.0343. The summed E-state index contributed by atoms with van der Waals surface area (Å²) in [6, 6.07) is 5.88. The summed E-state index contributed by atoms with van der Waals surface area (Å²) in [6.07, 6.45) is 1.96. The van der Waals surface area contributed by atoms with Crippen LogP contribution in [0.3, 0.4) is 0 Å². The molecule has 2 nitrogen and oxygen atoms in total. The van der Waals surface area contributed by atoms with Gasteiger partial charge in [0.15, 0.2) is 0 Å². The second-order valence-corrected chi connectivity index (χ2v) is 5.03. The Morgan fingerprint density at radius 1 is 1.41 bits per heavy atom. The normalized spacial score (nSPS) is 12.2. The average molecular weight is 254 g/mol. The second-order valence-electron chi connectivity index (χ2n) is 4.41. The van der Waals surface area contributed by atoms with Crippen molar-refractivity contribution in [1.82, 2.24) is 5.32 Å². The van der Waals surface area contributed by atoms with Gasteiger partial charge in [-0.05, 0) is 31.9 Å². The highest BCUT2D eigenvalue weighted by Crippen LogP contribution is 2.11. The summed E-state index contributed by atoms with van der Waals surface area (Å²) < 4.78 is 0. The zero-order valence-electron chi connectivity index (χ0n) is 10.7. The van der Waals surface area contributed by atoms with Gasteiger partial charge in [-0.1, -0.05) is 31.0 Å². The molecule has 0 aliphatic rings. The first-order chi connectivity index (χ1) is 8.04. The lowest BCUT2D eigenvalue weighted by Crippen LogP contribution is -2.30. The number of alkyl halides is 1. The quantitative estimate of drug-likeness (QED) is 0.801. The molecule has 17 heavy (non-hydrogen) atoms. The van der Waals surface area contributed by atoms with Gasteiger partial charge in [0.05, 0.1) is 5.38 Å². The van der Waals surface area contributed by atoms with Gasteiger partial charge in [0.25, 0.3) is 5.91 Å². The van der Waals surface area contributed by atoms with Gasteiger partial charge in [-0.2, -0.15) is 0 Å². The molecule has 1 aromatic rings. The minimum absolute atomic E-state index is 0.0223. The first-order valence-electron chi connectivity index (χ1n) is 6.04. The van der Waals surface area contributed by atoms with E-state index < -0.39 is 0 Å². The van der Waals surface area contributed by atoms with Gasteiger partial charge in [0.1, 0.15) is 0 Å². The van der Waals surface area contributed by atoms with Crippen LogP contribution in [0.5, 0.6) is 0 Å². The zero-order chi connectivity index (χ0) is 12.8. The Bertz CT molecular complexity index is 390. The van der Waals surface area contributed by atoms with Gasteiger partial charge >= 0.3 is 0 Å². The highest BCUT2D eigenvalue weighted by molar-refractivity contribution is 6.20. The number of hydrogen-bond donors (Lipinski definition) is 1. The average Bonchev–Trinajstić information content (AvgIpc) is 2.29. The monoisotopic (exact) mass is 253 g/mol. The number of aryl methyl sites for hydroxylation is 2. The third-order valence-electron chi connectivity index (χ3n) is 2.72. The number of carbonyl (C=O) groups is 1. The molecular formula is C14H20ClNO. The molecule has 0 aliphatic heterocycles. The molecule has 3 heteroatoms. The van der Waals surface area contributed by atoms with E-state index in [4.69, 9.17) is 11.6 Å². The topological polar surface area (TPSA) is 29.1 Å². The van der Waals surface area contributed by atoms with Crippen LogP contribution in [0.25, 0.3) is 0 Å². The fourth-order valence-electron chi connectivity index (χ4n) is 1.69. The van der Waals surface area contributed by atoms with Crippen molar-refractivity contribution in [2.45, 2.75) is 39.0 Å². The molecular weight excluding hydrogens is 234 g/mol. The number of benzene rings is 1. The molecule has 1 atom stereocenters. The molecule has 0 fully saturated rings. The lowest BCUT2D eigenvalue weighted by molar-refractivity contribution is 0.0952. The number of rotatable bonds is 5. The van der Waals surface area contributed by atoms with Crippen LogP contribution in [0.1, 0.15) is 41.3 Å². The Kier molecular flexibility index (Phi) is 5.49. The molecule has 0 aromatic heterocycles. The SMILES string of the molecule is CCCC(Cl)CNC(=O)c1cc(C)ccc1C. The van der Waals surface area contributed by atoms with E-state index in [0.29, 0.717) is 6.54 Å². The molecule has 1 rings (SSSR count). The Hall–Kier alpha value is -1.02. The first-order valence-corrected chi connectivity index (χ1v) is 6.47. The van der Waals surface area contributed by atoms with E-state index in [-0.39, 0.29) is 11.3 Å². The standard InChI is InChI=1S/C14H20ClNO/c1-4-5-12(15)9-16-14(17)13-8-10(2)6-7-11(13)3/h6-8,12H,4-5,9H2,1-3H3,(H,16,17). The van der Waals surface area contributed by atoms with Gasteiger partial charge in [0, 0.05) is 12.1 Å². The van der Waals surface area contributed by atoms with Crippen LogP contribution < -0.4 is 5.32 Å². The molecule has 0 radical (unpaired) electrons. The van der Waals surface area contributed by atoms with Crippen molar-refractivity contribution in [3.05, 3.63) is 34.9 Å². The van der Waals surface area contributed by atoms with Gasteiger partial charge in [-0.3, -0.25) is 4.79 Å². The van der Waals surface area contributed by atoms with Crippen LogP contribution in [0.4, 0.5) is 0 Å². The maximum absolute atomic E-state index is 12.0. The van der Waals surface area contributed by atoms with Crippen LogP contribution in [0.15, 0.2) is 18.2 Å². The molecule has 1 aromatic carbocycles. The van der Waals surface area contributed by atoms with Gasteiger partial charge < -0.3 is 5.32 Å². The van der Waals surface area contributed by atoms with Crippen molar-refractivity contribution >= 4 is 17.5 Å². The minimum atomic E-state index is -0.0343. The first kappa shape index (κ1) is 14.0. The molecule has 0 heterocycles. The Balaban J connectivity index is 2.61. The van der Waals surface area contributed by atoms with Crippen LogP contribution >= 0.6 is 11.6 Å². The molecule has 0 spiro atoms. The van der Waals surface area contributed by atoms with Crippen molar-refractivity contribution in [3.63, 3.8) is 0 Å². The van der Waals surface area contributed by atoms with Crippen LogP contribution in [-0.4, -0.2) is 17.8 Å². The predicted octanol–water partition coefficient (Wildman–Crippen LogP) is 3.44. The van der Waals surface area contributed by atoms with Crippen molar-refractivity contribution in [3.8, 4) is 0 Å². The summed E-state index contributed by atoms with van der Waals surface area (Å²) in [7, 11) is 0. The molecule has 0 saturated heterocycles. The highest BCUT2D eigenvalue weighted by atomic mass is 35.5. The smallest absolute Gasteiger partial charge is 0.251 e. The maximum atomic E-state index is 12.0. The van der Waals surface area contributed by atoms with Crippen molar-refractivity contribution in [2.75, 3.05) is 6.54 Å². The lowest BCUT2D eigenvalue weighted by Gasteiger charge is -2.11. The second kappa shape index (κ2) is 6.65. The molecule has 0 saturated carbocycles. The molecule has 94 valence electrons. The Morgan fingerprint density at radius 3 is 2.76 bits per heavy atom. The van der Waals surface area contributed by atoms with Gasteiger partial charge in [-0.25, -0.2) is 0 Å². The largest absolute Gasteiger partial charge is 0.351 e. The predicted molar refractivity (Wildman–Crippen MR) is 72.8 cm³/mol. The van der Waals surface area contributed by atoms with Gasteiger partial charge in [-0.15, -0.1) is 11.6 Å². The number of carbonyl (C=O) groups excluding carboxylic acids is 1. The summed E-state index contributed by atoms with van der Waals surface area (Å²) in [4.78, 5) is 12.0. The lowest BCUT2D eigenvalue weighted by atomic mass is 10.1. The summed E-state index contributed by atoms with van der Waals surface area (Å²) in [6.45, 7) is 6.54. The number of amides is 1. The molecule has 0 bridgehead atoms. The van der Waals surface area contributed by atoms with E-state index in [2.05, 4.69) is 12.2 Å². The number of hydrogen-bond acceptors (Lipinski definition) is 1. The summed E-state index contributed by atoms with van der Waals surface area (Å²) in [5, 5.41) is 2.90. The molecule has 0 aliphatic carbocycles. The molecule has 1 unspecified atom stereocenters. The van der Waals surface area contributed by atoms with Gasteiger partial charge in [0.2, 0.25) is 0 Å². The van der Waals surface area contributed by atoms with E-state index in [0.717, 1.165) is 29.5 Å². The van der Waals surface area contributed by atoms with E-state index in [1.807, 2.05) is 32.0 Å². The van der Waals surface area contributed by atoms with E-state index in [9.17, 15) is 4.79 Å². The number of halogens is 1. The molecule has 1 N–H and O–H groups in total. The summed E-state index contributed by atoms with van der Waals surface area (Å²) >= 11 is 6.07. The Labute approximate surface area is 108 Å². The third kappa shape index (κ3) is 4.39. The van der Waals surface area contributed by atoms with Crippen molar-refractivity contribution in [1.29, 1.82) is 0 Å². The van der Waals surface area contributed by atoms with Crippen molar-refractivity contribution < 1.29 is 4.79 Å². The van der Waals surface area contributed by atoms with Crippen LogP contribution in [0.2, 0.25) is 0 Å². The van der Waals surface area contributed by atoms with E-state index >= 15 is 0 Å². The fourth-order valence-corrected chi connectivity index (χ4v) is 1.99. The fraction of sp³-hybridized carbons (Fsp3) is 0.500. The Morgan fingerprint density at radius 2 is 2.12 bits per heavy atom. The van der Waals surface area contributed by atoms with Crippen LogP contribution in [-0.2, 0) is 0 Å². The van der Waals surface area contributed by atoms with Crippen molar-refractivity contribution in [2.24, 2.45) is 0 Å². The number of nitrogens with one attached hydrogen (secondary N) is 1. The molecule has 1 amide bonds. The minimum Gasteiger partial charge on any atom is -0.351 e. The van der Waals surface area contributed by atoms with E-state index in [1.54, 1.807) is 0 Å². The zero-order valence-corrected chi connectivity index (χ0v) is 11.5. The van der Waals surface area contributed by atoms with E-state index in [1.165, 1.54) is 0 Å². The maximum Gasteiger partial charge on any atom is 0.251 e. The van der Waals surface area contributed by atoms with Crippen LogP contribution in [0, 0.1) is 13.8 Å². The highest BCUT2D eigenvalue weighted by Gasteiger charge is 2.10.